The number of nitrogens with zero attached hydrogens (tertiary/aromatic N) is 1. The van der Waals surface area contributed by atoms with Gasteiger partial charge in [-0.2, -0.15) is 0 Å². The highest BCUT2D eigenvalue weighted by Crippen LogP contribution is 2.36. The highest BCUT2D eigenvalue weighted by Gasteiger charge is 2.44. The third kappa shape index (κ3) is 1.26. The largest absolute Gasteiger partial charge is 0.341 e. The molecule has 2 aliphatic heterocycles. The second-order valence-electron chi connectivity index (χ2n) is 4.95. The number of piperidine rings is 1. The van der Waals surface area contributed by atoms with E-state index in [0.717, 1.165) is 13.1 Å². The second kappa shape index (κ2) is 3.23. The molecule has 78 valence electrons. The lowest BCUT2D eigenvalue weighted by molar-refractivity contribution is -0.133. The number of carbonyl (C=O) groups is 1. The van der Waals surface area contributed by atoms with Crippen LogP contribution in [0.25, 0.3) is 0 Å². The van der Waals surface area contributed by atoms with Crippen molar-refractivity contribution in [3.05, 3.63) is 0 Å². The van der Waals surface area contributed by atoms with Crippen LogP contribution >= 0.6 is 0 Å². The molecule has 14 heavy (non-hydrogen) atoms. The Labute approximate surface area is 84.8 Å². The van der Waals surface area contributed by atoms with Crippen LogP contribution in [0.5, 0.6) is 0 Å². The number of fused-ring (bicyclic) bond motifs is 2. The average molecular weight is 194 g/mol. The predicted molar refractivity (Wildman–Crippen MR) is 53.9 cm³/mol. The summed E-state index contributed by atoms with van der Waals surface area (Å²) in [6.45, 7) is 1.99. The molecule has 1 amide bonds. The van der Waals surface area contributed by atoms with Crippen molar-refractivity contribution in [2.45, 2.75) is 44.2 Å². The molecule has 3 atom stereocenters. The smallest absolute Gasteiger partial charge is 0.240 e. The van der Waals surface area contributed by atoms with Crippen molar-refractivity contribution < 1.29 is 4.79 Å². The van der Waals surface area contributed by atoms with Gasteiger partial charge in [-0.15, -0.1) is 0 Å². The zero-order valence-corrected chi connectivity index (χ0v) is 8.54. The average Bonchev–Trinajstić information content (AvgIpc) is 2.93. The molecule has 1 saturated carbocycles. The van der Waals surface area contributed by atoms with Gasteiger partial charge in [0.15, 0.2) is 0 Å². The van der Waals surface area contributed by atoms with Crippen LogP contribution in [-0.2, 0) is 4.79 Å². The van der Waals surface area contributed by atoms with Gasteiger partial charge >= 0.3 is 0 Å². The first-order chi connectivity index (χ1) is 6.84. The first-order valence-electron chi connectivity index (χ1n) is 5.89. The van der Waals surface area contributed by atoms with Crippen molar-refractivity contribution in [1.29, 1.82) is 0 Å². The van der Waals surface area contributed by atoms with Gasteiger partial charge in [-0.1, -0.05) is 0 Å². The van der Waals surface area contributed by atoms with Crippen molar-refractivity contribution in [2.75, 3.05) is 13.1 Å². The fraction of sp³-hybridized carbons (Fsp3) is 0.909. The van der Waals surface area contributed by atoms with Crippen LogP contribution in [0.15, 0.2) is 0 Å². The van der Waals surface area contributed by atoms with E-state index in [0.29, 0.717) is 17.9 Å². The van der Waals surface area contributed by atoms with Gasteiger partial charge in [-0.25, -0.2) is 0 Å². The normalized spacial score (nSPS) is 40.9. The number of amides is 1. The molecule has 2 unspecified atom stereocenters. The van der Waals surface area contributed by atoms with Gasteiger partial charge in [0.25, 0.3) is 0 Å². The molecule has 1 aliphatic carbocycles. The molecule has 2 bridgehead atoms. The number of rotatable bonds is 1. The summed E-state index contributed by atoms with van der Waals surface area (Å²) in [5, 5.41) is 3.48. The minimum absolute atomic E-state index is 0.173. The Balaban J connectivity index is 1.67. The van der Waals surface area contributed by atoms with E-state index in [1.165, 1.54) is 32.1 Å². The third-order valence-electron chi connectivity index (χ3n) is 4.04. The summed E-state index contributed by atoms with van der Waals surface area (Å²) in [5.74, 6) is 1.03. The minimum atomic E-state index is 0.173. The number of hydrogen-bond donors (Lipinski definition) is 1. The van der Waals surface area contributed by atoms with Crippen LogP contribution in [0.1, 0.15) is 32.1 Å². The minimum Gasteiger partial charge on any atom is -0.341 e. The predicted octanol–water partition coefficient (Wildman–Crippen LogP) is 0.749. The van der Waals surface area contributed by atoms with Gasteiger partial charge in [0.2, 0.25) is 5.91 Å². The molecule has 2 saturated heterocycles. The summed E-state index contributed by atoms with van der Waals surface area (Å²) >= 11 is 0. The van der Waals surface area contributed by atoms with E-state index in [1.807, 2.05) is 0 Å². The molecule has 3 fully saturated rings. The van der Waals surface area contributed by atoms with E-state index in [4.69, 9.17) is 0 Å². The first kappa shape index (κ1) is 8.72. The molecular formula is C11H18N2O. The quantitative estimate of drug-likeness (QED) is 0.668. The van der Waals surface area contributed by atoms with Gasteiger partial charge in [-0.3, -0.25) is 4.79 Å². The van der Waals surface area contributed by atoms with Crippen LogP contribution in [0.4, 0.5) is 0 Å². The fourth-order valence-corrected chi connectivity index (χ4v) is 3.27. The maximum Gasteiger partial charge on any atom is 0.240 e. The zero-order valence-electron chi connectivity index (χ0n) is 8.54. The molecule has 3 aliphatic rings. The zero-order chi connectivity index (χ0) is 9.54. The van der Waals surface area contributed by atoms with E-state index in [1.54, 1.807) is 0 Å². The van der Waals surface area contributed by atoms with Crippen molar-refractivity contribution in [2.24, 2.45) is 5.92 Å². The van der Waals surface area contributed by atoms with Crippen LogP contribution < -0.4 is 5.32 Å². The summed E-state index contributed by atoms with van der Waals surface area (Å²) in [5.41, 5.74) is 0. The Morgan fingerprint density at radius 2 is 2.00 bits per heavy atom. The van der Waals surface area contributed by atoms with E-state index in [9.17, 15) is 4.79 Å². The first-order valence-corrected chi connectivity index (χ1v) is 5.89. The molecular weight excluding hydrogens is 176 g/mol. The molecule has 0 radical (unpaired) electrons. The van der Waals surface area contributed by atoms with E-state index in [-0.39, 0.29) is 6.04 Å². The van der Waals surface area contributed by atoms with Crippen molar-refractivity contribution in [1.82, 2.24) is 10.2 Å². The lowest BCUT2D eigenvalue weighted by Crippen LogP contribution is -2.48. The van der Waals surface area contributed by atoms with Gasteiger partial charge in [0.05, 0.1) is 6.04 Å². The summed E-state index contributed by atoms with van der Waals surface area (Å²) in [6, 6.07) is 0.823. The molecule has 3 heteroatoms. The number of hydrogen-bond acceptors (Lipinski definition) is 2. The molecule has 2 heterocycles. The van der Waals surface area contributed by atoms with Crippen molar-refractivity contribution in [3.63, 3.8) is 0 Å². The van der Waals surface area contributed by atoms with E-state index >= 15 is 0 Å². The Kier molecular flexibility index (Phi) is 2.01. The molecule has 3 nitrogen and oxygen atoms in total. The van der Waals surface area contributed by atoms with Crippen LogP contribution in [0.3, 0.4) is 0 Å². The molecule has 0 spiro atoms. The molecule has 0 aromatic rings. The highest BCUT2D eigenvalue weighted by molar-refractivity contribution is 5.83. The van der Waals surface area contributed by atoms with Gasteiger partial charge in [0, 0.05) is 19.1 Å². The molecule has 3 rings (SSSR count). The SMILES string of the molecule is O=C([C@H]1NC2CCC1C2)N1CCCC1. The standard InChI is InChI=1S/C11H18N2O/c14-11(13-5-1-2-6-13)10-8-3-4-9(7-8)12-10/h8-10,12H,1-7H2/t8?,9?,10-/m0/s1. The van der Waals surface area contributed by atoms with Gasteiger partial charge in [0.1, 0.15) is 0 Å². The number of nitrogens with one attached hydrogen (secondary N) is 1. The Morgan fingerprint density at radius 3 is 2.57 bits per heavy atom. The summed E-state index contributed by atoms with van der Waals surface area (Å²) in [4.78, 5) is 14.2. The highest BCUT2D eigenvalue weighted by atomic mass is 16.2. The Morgan fingerprint density at radius 1 is 1.21 bits per heavy atom. The van der Waals surface area contributed by atoms with E-state index in [2.05, 4.69) is 10.2 Å². The van der Waals surface area contributed by atoms with Gasteiger partial charge in [-0.05, 0) is 38.0 Å². The maximum absolute atomic E-state index is 12.1. The number of carbonyl (C=O) groups excluding carboxylic acids is 1. The third-order valence-corrected chi connectivity index (χ3v) is 4.04. The topological polar surface area (TPSA) is 32.3 Å². The maximum atomic E-state index is 12.1. The Hall–Kier alpha value is -0.570. The summed E-state index contributed by atoms with van der Waals surface area (Å²) in [6.07, 6.45) is 6.19. The lowest BCUT2D eigenvalue weighted by Gasteiger charge is -2.26. The second-order valence-corrected chi connectivity index (χ2v) is 4.95. The summed E-state index contributed by atoms with van der Waals surface area (Å²) in [7, 11) is 0. The van der Waals surface area contributed by atoms with Crippen LogP contribution in [0, 0.1) is 5.92 Å². The lowest BCUT2D eigenvalue weighted by atomic mass is 9.99. The van der Waals surface area contributed by atoms with Crippen LogP contribution in [-0.4, -0.2) is 36.0 Å². The van der Waals surface area contributed by atoms with E-state index < -0.39 is 0 Å². The summed E-state index contributed by atoms with van der Waals surface area (Å²) < 4.78 is 0. The molecule has 0 aromatic heterocycles. The Bertz CT molecular complexity index is 248. The molecule has 0 aromatic carbocycles. The van der Waals surface area contributed by atoms with Gasteiger partial charge < -0.3 is 10.2 Å². The number of likely N-dealkylation sites (tertiary alicyclic amines) is 1. The molecule has 1 N–H and O–H groups in total. The van der Waals surface area contributed by atoms with Crippen LogP contribution in [0.2, 0.25) is 0 Å². The van der Waals surface area contributed by atoms with Crippen molar-refractivity contribution >= 4 is 5.91 Å². The van der Waals surface area contributed by atoms with Crippen molar-refractivity contribution in [3.8, 4) is 0 Å². The monoisotopic (exact) mass is 194 g/mol. The fourth-order valence-electron chi connectivity index (χ4n) is 3.27.